The number of H-pyrrole nitrogens is 1. The number of nitrogens with one attached hydrogen (secondary N) is 3. The van der Waals surface area contributed by atoms with Gasteiger partial charge in [0.25, 0.3) is 0 Å². The molecule has 1 aliphatic rings. The topological polar surface area (TPSA) is 56.9 Å². The summed E-state index contributed by atoms with van der Waals surface area (Å²) < 4.78 is 3.38. The van der Waals surface area contributed by atoms with Gasteiger partial charge in [-0.05, 0) is 60.2 Å². The zero-order valence-corrected chi connectivity index (χ0v) is 16.4. The maximum Gasteiger partial charge on any atom is 0.217 e. The van der Waals surface area contributed by atoms with E-state index in [1.54, 1.807) is 25.1 Å². The Balaban J connectivity index is 1.50. The third-order valence-electron chi connectivity index (χ3n) is 4.53. The Labute approximate surface area is 165 Å². The monoisotopic (exact) mass is 405 g/mol. The van der Waals surface area contributed by atoms with Crippen molar-refractivity contribution in [2.24, 2.45) is 0 Å². The Hall–Kier alpha value is -1.82. The summed E-state index contributed by atoms with van der Waals surface area (Å²) in [6, 6.07) is 10.4. The van der Waals surface area contributed by atoms with Crippen molar-refractivity contribution in [3.63, 3.8) is 0 Å². The summed E-state index contributed by atoms with van der Waals surface area (Å²) in [4.78, 5) is 15.5. The minimum absolute atomic E-state index is 0.0236. The lowest BCUT2D eigenvalue weighted by Gasteiger charge is -2.09. The Bertz CT molecular complexity index is 1000. The molecule has 1 atom stereocenters. The molecule has 0 aliphatic heterocycles. The average Bonchev–Trinajstić information content (AvgIpc) is 3.17. The predicted molar refractivity (Wildman–Crippen MR) is 109 cm³/mol. The first-order chi connectivity index (χ1) is 12.5. The van der Waals surface area contributed by atoms with E-state index in [1.165, 1.54) is 11.1 Å². The van der Waals surface area contributed by atoms with Gasteiger partial charge in [0.1, 0.15) is 0 Å². The van der Waals surface area contributed by atoms with E-state index in [0.717, 1.165) is 34.3 Å². The van der Waals surface area contributed by atoms with Crippen LogP contribution in [0, 0.1) is 0 Å². The van der Waals surface area contributed by atoms with Crippen LogP contribution in [0.5, 0.6) is 0 Å². The van der Waals surface area contributed by atoms with Crippen molar-refractivity contribution in [2.45, 2.75) is 30.7 Å². The van der Waals surface area contributed by atoms with Crippen LogP contribution in [0.4, 0.5) is 5.69 Å². The zero-order chi connectivity index (χ0) is 18.3. The van der Waals surface area contributed by atoms with Gasteiger partial charge in [0.05, 0.1) is 21.2 Å². The predicted octanol–water partition coefficient (Wildman–Crippen LogP) is 5.20. The highest BCUT2D eigenvalue weighted by molar-refractivity contribution is 8.00. The lowest BCUT2D eigenvalue weighted by molar-refractivity contribution is -0.119. The van der Waals surface area contributed by atoms with E-state index in [0.29, 0.717) is 10.0 Å². The average molecular weight is 406 g/mol. The number of hydrogen-bond acceptors (Lipinski definition) is 3. The van der Waals surface area contributed by atoms with Gasteiger partial charge in [-0.15, -0.1) is 0 Å². The Morgan fingerprint density at radius 3 is 2.77 bits per heavy atom. The van der Waals surface area contributed by atoms with Crippen LogP contribution in [0.25, 0.3) is 10.9 Å². The maximum absolute atomic E-state index is 11.3. The molecule has 1 aromatic heterocycles. The molecule has 4 rings (SSSR count). The van der Waals surface area contributed by atoms with Gasteiger partial charge in [-0.2, -0.15) is 0 Å². The van der Waals surface area contributed by atoms with Crippen LogP contribution in [-0.2, 0) is 17.6 Å². The largest absolute Gasteiger partial charge is 0.358 e. The van der Waals surface area contributed by atoms with Crippen molar-refractivity contribution in [2.75, 3.05) is 4.72 Å². The number of anilines is 1. The summed E-state index contributed by atoms with van der Waals surface area (Å²) >= 11 is 14.0. The molecule has 0 fully saturated rings. The van der Waals surface area contributed by atoms with Gasteiger partial charge >= 0.3 is 0 Å². The summed E-state index contributed by atoms with van der Waals surface area (Å²) in [5, 5.41) is 5.07. The SMILES string of the molecule is CC(=O)NC1Cc2ccc(SNc3ccc(Cl)c4c(Cl)c[nH]c34)cc2C1. The van der Waals surface area contributed by atoms with Gasteiger partial charge in [-0.3, -0.25) is 4.79 Å². The standard InChI is InChI=1S/C19H17Cl2N3OS/c1-10(25)23-13-6-11-2-3-14(8-12(11)7-13)26-24-17-5-4-15(20)18-16(21)9-22-19(17)18/h2-5,8-9,13,22,24H,6-7H2,1H3,(H,23,25). The van der Waals surface area contributed by atoms with E-state index in [9.17, 15) is 4.79 Å². The van der Waals surface area contributed by atoms with E-state index in [2.05, 4.69) is 33.2 Å². The fourth-order valence-corrected chi connectivity index (χ4v) is 4.71. The third-order valence-corrected chi connectivity index (χ3v) is 5.96. The second-order valence-corrected chi connectivity index (χ2v) is 8.12. The molecule has 4 nitrogen and oxygen atoms in total. The van der Waals surface area contributed by atoms with Crippen molar-refractivity contribution < 1.29 is 4.79 Å². The number of benzene rings is 2. The third kappa shape index (κ3) is 3.39. The summed E-state index contributed by atoms with van der Waals surface area (Å²) in [6.07, 6.45) is 3.51. The van der Waals surface area contributed by atoms with Crippen LogP contribution >= 0.6 is 35.1 Å². The quantitative estimate of drug-likeness (QED) is 0.522. The van der Waals surface area contributed by atoms with Crippen molar-refractivity contribution in [3.05, 3.63) is 57.7 Å². The zero-order valence-electron chi connectivity index (χ0n) is 14.0. The number of carbonyl (C=O) groups is 1. The highest BCUT2D eigenvalue weighted by atomic mass is 35.5. The van der Waals surface area contributed by atoms with Crippen LogP contribution in [0.3, 0.4) is 0 Å². The van der Waals surface area contributed by atoms with Crippen molar-refractivity contribution in [1.29, 1.82) is 0 Å². The number of fused-ring (bicyclic) bond motifs is 2. The summed E-state index contributed by atoms with van der Waals surface area (Å²) in [7, 11) is 0. The molecule has 0 saturated heterocycles. The maximum atomic E-state index is 11.3. The van der Waals surface area contributed by atoms with Crippen molar-refractivity contribution >= 4 is 57.6 Å². The van der Waals surface area contributed by atoms with E-state index in [-0.39, 0.29) is 11.9 Å². The number of amides is 1. The first-order valence-electron chi connectivity index (χ1n) is 8.28. The van der Waals surface area contributed by atoms with Gasteiger partial charge in [-0.1, -0.05) is 29.3 Å². The Morgan fingerprint density at radius 1 is 1.15 bits per heavy atom. The molecule has 2 aromatic carbocycles. The van der Waals surface area contributed by atoms with Gasteiger partial charge < -0.3 is 15.0 Å². The molecule has 0 spiro atoms. The van der Waals surface area contributed by atoms with E-state index < -0.39 is 0 Å². The smallest absolute Gasteiger partial charge is 0.217 e. The first-order valence-corrected chi connectivity index (χ1v) is 9.85. The number of halogens is 2. The molecular formula is C19H17Cl2N3OS. The molecule has 1 unspecified atom stereocenters. The fourth-order valence-electron chi connectivity index (χ4n) is 3.41. The molecule has 1 aliphatic carbocycles. The van der Waals surface area contributed by atoms with Gasteiger partial charge in [0.2, 0.25) is 5.91 Å². The summed E-state index contributed by atoms with van der Waals surface area (Å²) in [6.45, 7) is 1.56. The molecule has 0 bridgehead atoms. The molecule has 3 N–H and O–H groups in total. The van der Waals surface area contributed by atoms with Gasteiger partial charge in [-0.25, -0.2) is 0 Å². The molecule has 7 heteroatoms. The number of aromatic amines is 1. The Kier molecular flexibility index (Phi) is 4.78. The minimum Gasteiger partial charge on any atom is -0.358 e. The summed E-state index contributed by atoms with van der Waals surface area (Å²) in [5.41, 5.74) is 4.41. The van der Waals surface area contributed by atoms with Gasteiger partial charge in [0.15, 0.2) is 0 Å². The molecule has 3 aromatic rings. The highest BCUT2D eigenvalue weighted by Crippen LogP contribution is 2.36. The second-order valence-electron chi connectivity index (χ2n) is 6.42. The molecule has 0 radical (unpaired) electrons. The lowest BCUT2D eigenvalue weighted by atomic mass is 10.1. The number of carbonyl (C=O) groups excluding carboxylic acids is 1. The first kappa shape index (κ1) is 17.6. The van der Waals surface area contributed by atoms with Crippen molar-refractivity contribution in [1.82, 2.24) is 10.3 Å². The second kappa shape index (κ2) is 7.06. The van der Waals surface area contributed by atoms with E-state index in [4.69, 9.17) is 23.2 Å². The van der Waals surface area contributed by atoms with Gasteiger partial charge in [0, 0.05) is 29.4 Å². The fraction of sp³-hybridized carbons (Fsp3) is 0.211. The Morgan fingerprint density at radius 2 is 1.96 bits per heavy atom. The van der Waals surface area contributed by atoms with Crippen LogP contribution in [0.1, 0.15) is 18.1 Å². The molecule has 1 amide bonds. The molecular weight excluding hydrogens is 389 g/mol. The number of hydrogen-bond donors (Lipinski definition) is 3. The highest BCUT2D eigenvalue weighted by Gasteiger charge is 2.22. The molecule has 0 saturated carbocycles. The van der Waals surface area contributed by atoms with Crippen molar-refractivity contribution in [3.8, 4) is 0 Å². The molecule has 1 heterocycles. The van der Waals surface area contributed by atoms with Crippen LogP contribution < -0.4 is 10.0 Å². The minimum atomic E-state index is 0.0236. The number of rotatable bonds is 4. The molecule has 26 heavy (non-hydrogen) atoms. The van der Waals surface area contributed by atoms with E-state index in [1.807, 2.05) is 12.1 Å². The van der Waals surface area contributed by atoms with Crippen LogP contribution in [0.15, 0.2) is 41.4 Å². The van der Waals surface area contributed by atoms with Crippen LogP contribution in [-0.4, -0.2) is 16.9 Å². The lowest BCUT2D eigenvalue weighted by Crippen LogP contribution is -2.33. The number of aromatic nitrogens is 1. The normalized spacial score (nSPS) is 15.9. The summed E-state index contributed by atoms with van der Waals surface area (Å²) in [5.74, 6) is 0.0236. The van der Waals surface area contributed by atoms with E-state index >= 15 is 0 Å². The van der Waals surface area contributed by atoms with Crippen LogP contribution in [0.2, 0.25) is 10.0 Å². The molecule has 134 valence electrons.